The smallest absolute Gasteiger partial charge is 0.410 e. The molecule has 1 amide bonds. The van der Waals surface area contributed by atoms with Crippen molar-refractivity contribution in [1.82, 2.24) is 9.88 Å². The van der Waals surface area contributed by atoms with Crippen molar-refractivity contribution in [1.29, 1.82) is 0 Å². The van der Waals surface area contributed by atoms with Crippen LogP contribution in [0.2, 0.25) is 5.02 Å². The van der Waals surface area contributed by atoms with E-state index in [4.69, 9.17) is 26.1 Å². The molecule has 0 spiro atoms. The zero-order valence-electron chi connectivity index (χ0n) is 24.8. The summed E-state index contributed by atoms with van der Waals surface area (Å²) in [7, 11) is 1.56. The number of piperidine rings is 1. The van der Waals surface area contributed by atoms with Crippen LogP contribution >= 0.6 is 27.5 Å². The van der Waals surface area contributed by atoms with Crippen molar-refractivity contribution in [3.63, 3.8) is 0 Å². The number of benzene rings is 3. The quantitative estimate of drug-likeness (QED) is 0.230. The normalized spacial score (nSPS) is 19.7. The van der Waals surface area contributed by atoms with Crippen LogP contribution in [0.1, 0.15) is 67.8 Å². The van der Waals surface area contributed by atoms with Gasteiger partial charge < -0.3 is 19.5 Å². The van der Waals surface area contributed by atoms with Crippen molar-refractivity contribution in [3.8, 4) is 5.88 Å². The van der Waals surface area contributed by atoms with Gasteiger partial charge in [0.1, 0.15) is 11.4 Å². The highest BCUT2D eigenvalue weighted by molar-refractivity contribution is 9.10. The first-order valence-electron chi connectivity index (χ1n) is 14.2. The van der Waals surface area contributed by atoms with Gasteiger partial charge in [0.25, 0.3) is 0 Å². The SMILES string of the molecule is COc1nc2ccc(Br)cc2cc1C(c1ccc(Cl)cc1)C1(O)CCN(C(=O)OC(C)(C)C)[C@H](c2ccc(F)cc2C)C1. The number of hydrogen-bond donors (Lipinski definition) is 1. The summed E-state index contributed by atoms with van der Waals surface area (Å²) in [5, 5.41) is 14.2. The molecule has 1 aliphatic rings. The Kier molecular flexibility index (Phi) is 8.76. The molecule has 226 valence electrons. The van der Waals surface area contributed by atoms with Gasteiger partial charge in [-0.15, -0.1) is 0 Å². The van der Waals surface area contributed by atoms with Crippen molar-refractivity contribution in [2.45, 2.75) is 63.7 Å². The van der Waals surface area contributed by atoms with Crippen LogP contribution < -0.4 is 4.74 Å². The second-order valence-electron chi connectivity index (χ2n) is 12.2. The first-order valence-corrected chi connectivity index (χ1v) is 15.3. The third kappa shape index (κ3) is 6.66. The fourth-order valence-corrected chi connectivity index (χ4v) is 6.56. The lowest BCUT2D eigenvalue weighted by Gasteiger charge is -2.48. The number of pyridine rings is 1. The minimum atomic E-state index is -1.37. The lowest BCUT2D eigenvalue weighted by atomic mass is 9.69. The van der Waals surface area contributed by atoms with Crippen LogP contribution in [-0.4, -0.2) is 45.9 Å². The van der Waals surface area contributed by atoms with Gasteiger partial charge in [-0.1, -0.05) is 45.7 Å². The molecule has 43 heavy (non-hydrogen) atoms. The molecule has 1 N–H and O–H groups in total. The van der Waals surface area contributed by atoms with Crippen LogP contribution in [0.15, 0.2) is 71.2 Å². The summed E-state index contributed by atoms with van der Waals surface area (Å²) >= 11 is 9.84. The van der Waals surface area contributed by atoms with Gasteiger partial charge in [0.2, 0.25) is 5.88 Å². The van der Waals surface area contributed by atoms with Crippen LogP contribution in [0.4, 0.5) is 9.18 Å². The van der Waals surface area contributed by atoms with E-state index in [-0.39, 0.29) is 25.2 Å². The maximum absolute atomic E-state index is 14.2. The number of likely N-dealkylation sites (tertiary alicyclic amines) is 1. The monoisotopic (exact) mass is 668 g/mol. The van der Waals surface area contributed by atoms with E-state index in [0.717, 1.165) is 26.5 Å². The molecule has 0 bridgehead atoms. The molecule has 6 nitrogen and oxygen atoms in total. The maximum Gasteiger partial charge on any atom is 0.410 e. The number of nitrogens with zero attached hydrogens (tertiary/aromatic N) is 2. The molecule has 0 saturated carbocycles. The first kappa shape index (κ1) is 31.2. The highest BCUT2D eigenvalue weighted by Gasteiger charge is 2.49. The number of rotatable bonds is 5. The van der Waals surface area contributed by atoms with Crippen LogP contribution in [0.3, 0.4) is 0 Å². The lowest BCUT2D eigenvalue weighted by molar-refractivity contribution is -0.0643. The predicted molar refractivity (Wildman–Crippen MR) is 170 cm³/mol. The van der Waals surface area contributed by atoms with Crippen molar-refractivity contribution >= 4 is 44.5 Å². The number of aromatic nitrogens is 1. The second kappa shape index (κ2) is 12.1. The molecule has 4 aromatic rings. The van der Waals surface area contributed by atoms with Crippen molar-refractivity contribution in [3.05, 3.63) is 104 Å². The molecule has 1 aliphatic heterocycles. The summed E-state index contributed by atoms with van der Waals surface area (Å²) < 4.78 is 26.7. The van der Waals surface area contributed by atoms with Gasteiger partial charge in [0, 0.05) is 39.3 Å². The van der Waals surface area contributed by atoms with Gasteiger partial charge in [-0.25, -0.2) is 14.2 Å². The lowest BCUT2D eigenvalue weighted by Crippen LogP contribution is -2.52. The van der Waals surface area contributed by atoms with E-state index in [0.29, 0.717) is 22.0 Å². The molecule has 3 aromatic carbocycles. The van der Waals surface area contributed by atoms with Gasteiger partial charge in [0.15, 0.2) is 0 Å². The van der Waals surface area contributed by atoms with E-state index >= 15 is 0 Å². The summed E-state index contributed by atoms with van der Waals surface area (Å²) in [6.45, 7) is 7.47. The topological polar surface area (TPSA) is 71.9 Å². The standard InChI is InChI=1S/C34H35BrClFN2O4/c1-20-16-25(37)11-12-26(20)29-19-34(41,14-15-39(29)32(40)43-33(2,3)4)30(21-6-9-24(36)10-7-21)27-18-22-17-23(35)8-13-28(22)38-31(27)42-5/h6-13,16-18,29-30,41H,14-15,19H2,1-5H3/t29-,30?,34?/m0/s1. The zero-order chi connectivity index (χ0) is 31.1. The third-order valence-corrected chi connectivity index (χ3v) is 8.69. The Morgan fingerprint density at radius 1 is 1.14 bits per heavy atom. The number of carbonyl (C=O) groups excluding carboxylic acids is 1. The number of halogens is 3. The summed E-state index contributed by atoms with van der Waals surface area (Å²) in [5.41, 5.74) is 1.63. The average Bonchev–Trinajstić information content (AvgIpc) is 2.92. The molecule has 2 unspecified atom stereocenters. The molecule has 1 saturated heterocycles. The molecule has 1 fully saturated rings. The highest BCUT2D eigenvalue weighted by Crippen LogP contribution is 2.50. The molecule has 2 heterocycles. The molecular weight excluding hydrogens is 635 g/mol. The Labute approximate surface area is 264 Å². The molecule has 5 rings (SSSR count). The third-order valence-electron chi connectivity index (χ3n) is 7.94. The number of ether oxygens (including phenoxy) is 2. The minimum absolute atomic E-state index is 0.158. The Hall–Kier alpha value is -3.20. The number of methoxy groups -OCH3 is 1. The zero-order valence-corrected chi connectivity index (χ0v) is 27.2. The van der Waals surface area contributed by atoms with Gasteiger partial charge >= 0.3 is 6.09 Å². The van der Waals surface area contributed by atoms with Gasteiger partial charge in [-0.05, 0) is 99.3 Å². The van der Waals surface area contributed by atoms with Crippen LogP contribution in [0, 0.1) is 12.7 Å². The van der Waals surface area contributed by atoms with Crippen molar-refractivity contribution < 1.29 is 23.8 Å². The van der Waals surface area contributed by atoms with Gasteiger partial charge in [-0.2, -0.15) is 0 Å². The van der Waals surface area contributed by atoms with E-state index in [1.54, 1.807) is 30.2 Å². The Morgan fingerprint density at radius 2 is 1.86 bits per heavy atom. The summed E-state index contributed by atoms with van der Waals surface area (Å²) in [5.74, 6) is -0.569. The largest absolute Gasteiger partial charge is 0.481 e. The summed E-state index contributed by atoms with van der Waals surface area (Å²) in [6, 6.07) is 19.1. The molecule has 1 aromatic heterocycles. The highest BCUT2D eigenvalue weighted by atomic mass is 79.9. The molecular formula is C34H35BrClFN2O4. The van der Waals surface area contributed by atoms with E-state index in [1.807, 2.05) is 64.1 Å². The number of fused-ring (bicyclic) bond motifs is 1. The number of aryl methyl sites for hydroxylation is 1. The van der Waals surface area contributed by atoms with E-state index in [9.17, 15) is 14.3 Å². The first-order chi connectivity index (χ1) is 20.3. The molecule has 0 aliphatic carbocycles. The predicted octanol–water partition coefficient (Wildman–Crippen LogP) is 8.74. The van der Waals surface area contributed by atoms with Crippen molar-refractivity contribution in [2.24, 2.45) is 0 Å². The van der Waals surface area contributed by atoms with E-state index < -0.39 is 29.3 Å². The van der Waals surface area contributed by atoms with Crippen molar-refractivity contribution in [2.75, 3.05) is 13.7 Å². The van der Waals surface area contributed by atoms with Gasteiger partial charge in [0.05, 0.1) is 24.3 Å². The van der Waals surface area contributed by atoms with Crippen LogP contribution in [-0.2, 0) is 4.74 Å². The number of hydrogen-bond acceptors (Lipinski definition) is 5. The van der Waals surface area contributed by atoms with Crippen LogP contribution in [0.25, 0.3) is 10.9 Å². The molecule has 9 heteroatoms. The van der Waals surface area contributed by atoms with Crippen LogP contribution in [0.5, 0.6) is 5.88 Å². The maximum atomic E-state index is 14.2. The average molecular weight is 670 g/mol. The van der Waals surface area contributed by atoms with E-state index in [1.165, 1.54) is 12.1 Å². The number of aliphatic hydroxyl groups is 1. The molecule has 3 atom stereocenters. The van der Waals surface area contributed by atoms with E-state index in [2.05, 4.69) is 15.9 Å². The summed E-state index contributed by atoms with van der Waals surface area (Å²) in [4.78, 5) is 20.0. The Morgan fingerprint density at radius 3 is 2.51 bits per heavy atom. The Balaban J connectivity index is 1.68. The van der Waals surface area contributed by atoms with Gasteiger partial charge in [-0.3, -0.25) is 0 Å². The molecule has 0 radical (unpaired) electrons. The Bertz CT molecular complexity index is 1660. The second-order valence-corrected chi connectivity index (χ2v) is 13.5. The summed E-state index contributed by atoms with van der Waals surface area (Å²) in [6.07, 6.45) is -0.0807. The fraction of sp³-hybridized carbons (Fsp3) is 0.353. The number of carbonyl (C=O) groups is 1. The number of amides is 1. The minimum Gasteiger partial charge on any atom is -0.481 e. The fourth-order valence-electron chi connectivity index (χ4n) is 6.06.